The molecule has 146 valence electrons. The van der Waals surface area contributed by atoms with Gasteiger partial charge < -0.3 is 15.0 Å². The number of H-pyrrole nitrogens is 1. The van der Waals surface area contributed by atoms with E-state index in [4.69, 9.17) is 4.74 Å². The van der Waals surface area contributed by atoms with Crippen LogP contribution >= 0.6 is 0 Å². The molecule has 1 aromatic carbocycles. The first kappa shape index (κ1) is 19.4. The highest BCUT2D eigenvalue weighted by atomic mass is 16.5. The van der Waals surface area contributed by atoms with Crippen LogP contribution < -0.4 is 10.1 Å². The van der Waals surface area contributed by atoms with Crippen molar-refractivity contribution < 1.29 is 9.53 Å². The van der Waals surface area contributed by atoms with E-state index in [9.17, 15) is 4.79 Å². The molecule has 0 bridgehead atoms. The zero-order chi connectivity index (χ0) is 19.3. The van der Waals surface area contributed by atoms with Crippen molar-refractivity contribution in [2.75, 3.05) is 26.7 Å². The van der Waals surface area contributed by atoms with E-state index in [1.165, 1.54) is 25.7 Å². The van der Waals surface area contributed by atoms with Gasteiger partial charge in [0.15, 0.2) is 0 Å². The Kier molecular flexibility index (Phi) is 6.16. The quantitative estimate of drug-likeness (QED) is 0.817. The van der Waals surface area contributed by atoms with E-state index in [-0.39, 0.29) is 11.4 Å². The van der Waals surface area contributed by atoms with Crippen molar-refractivity contribution in [3.63, 3.8) is 0 Å². The van der Waals surface area contributed by atoms with E-state index in [2.05, 4.69) is 34.3 Å². The number of hydrogen-bond donors (Lipinski definition) is 2. The molecule has 1 aromatic heterocycles. The summed E-state index contributed by atoms with van der Waals surface area (Å²) in [4.78, 5) is 15.4. The molecule has 0 radical (unpaired) electrons. The zero-order valence-electron chi connectivity index (χ0n) is 16.5. The Morgan fingerprint density at radius 1 is 1.26 bits per heavy atom. The number of rotatable bonds is 6. The smallest absolute Gasteiger partial charge is 0.255 e. The van der Waals surface area contributed by atoms with Gasteiger partial charge in [-0.25, -0.2) is 0 Å². The van der Waals surface area contributed by atoms with Crippen molar-refractivity contribution >= 4 is 5.91 Å². The molecule has 1 aliphatic heterocycles. The summed E-state index contributed by atoms with van der Waals surface area (Å²) < 4.78 is 5.29. The van der Waals surface area contributed by atoms with E-state index < -0.39 is 0 Å². The second-order valence-corrected chi connectivity index (χ2v) is 7.92. The van der Waals surface area contributed by atoms with Crippen LogP contribution in [-0.2, 0) is 0 Å². The van der Waals surface area contributed by atoms with Crippen molar-refractivity contribution in [3.8, 4) is 17.0 Å². The van der Waals surface area contributed by atoms with Crippen LogP contribution in [0.3, 0.4) is 0 Å². The number of aromatic amines is 1. The highest BCUT2D eigenvalue weighted by Crippen LogP contribution is 2.25. The lowest BCUT2D eigenvalue weighted by Crippen LogP contribution is -2.51. The number of carbonyl (C=O) groups is 1. The molecule has 1 saturated heterocycles. The first-order valence-corrected chi connectivity index (χ1v) is 9.71. The zero-order valence-corrected chi connectivity index (χ0v) is 16.5. The summed E-state index contributed by atoms with van der Waals surface area (Å²) in [7, 11) is 1.63. The molecule has 1 amide bonds. The van der Waals surface area contributed by atoms with Crippen LogP contribution in [0.25, 0.3) is 11.3 Å². The van der Waals surface area contributed by atoms with Gasteiger partial charge in [-0.1, -0.05) is 25.0 Å². The Hall–Kier alpha value is -2.34. The van der Waals surface area contributed by atoms with Crippen LogP contribution in [0.2, 0.25) is 0 Å². The van der Waals surface area contributed by atoms with Crippen LogP contribution in [-0.4, -0.2) is 53.3 Å². The van der Waals surface area contributed by atoms with Gasteiger partial charge in [0.2, 0.25) is 0 Å². The molecule has 27 heavy (non-hydrogen) atoms. The fourth-order valence-corrected chi connectivity index (χ4v) is 3.72. The molecule has 3 rings (SSSR count). The van der Waals surface area contributed by atoms with E-state index in [0.717, 1.165) is 30.9 Å². The summed E-state index contributed by atoms with van der Waals surface area (Å²) >= 11 is 0. The molecule has 0 saturated carbocycles. The topological polar surface area (TPSA) is 70.2 Å². The number of aromatic nitrogens is 2. The van der Waals surface area contributed by atoms with Gasteiger partial charge in [0.1, 0.15) is 5.75 Å². The fourth-order valence-electron chi connectivity index (χ4n) is 3.72. The third kappa shape index (κ3) is 5.10. The van der Waals surface area contributed by atoms with Gasteiger partial charge in [-0.2, -0.15) is 5.10 Å². The average Bonchev–Trinajstić information content (AvgIpc) is 3.01. The predicted octanol–water partition coefficient (Wildman–Crippen LogP) is 3.47. The summed E-state index contributed by atoms with van der Waals surface area (Å²) in [6.07, 6.45) is 6.69. The van der Waals surface area contributed by atoms with Gasteiger partial charge in [-0.05, 0) is 51.9 Å². The third-order valence-corrected chi connectivity index (χ3v) is 5.01. The molecule has 0 unspecified atom stereocenters. The summed E-state index contributed by atoms with van der Waals surface area (Å²) in [5.74, 6) is 0.636. The fraction of sp³-hybridized carbons (Fsp3) is 0.524. The van der Waals surface area contributed by atoms with Crippen molar-refractivity contribution in [2.24, 2.45) is 0 Å². The van der Waals surface area contributed by atoms with Crippen molar-refractivity contribution in [2.45, 2.75) is 45.1 Å². The van der Waals surface area contributed by atoms with Gasteiger partial charge in [0.25, 0.3) is 5.91 Å². The third-order valence-electron chi connectivity index (χ3n) is 5.01. The van der Waals surface area contributed by atoms with E-state index >= 15 is 0 Å². The lowest BCUT2D eigenvalue weighted by atomic mass is 10.0. The molecule has 1 fully saturated rings. The van der Waals surface area contributed by atoms with Gasteiger partial charge in [0.05, 0.1) is 24.6 Å². The Balaban J connectivity index is 1.71. The molecule has 1 aliphatic rings. The Bertz CT molecular complexity index is 761. The first-order valence-electron chi connectivity index (χ1n) is 9.71. The Labute approximate surface area is 161 Å². The highest BCUT2D eigenvalue weighted by Gasteiger charge is 2.26. The molecular weight excluding hydrogens is 340 g/mol. The molecule has 0 spiro atoms. The maximum atomic E-state index is 13.0. The number of likely N-dealkylation sites (tertiary alicyclic amines) is 1. The second kappa shape index (κ2) is 8.57. The molecule has 6 heteroatoms. The predicted molar refractivity (Wildman–Crippen MR) is 107 cm³/mol. The standard InChI is InChI=1S/C21H30N4O2/c1-21(2,15-25-11-6-4-5-7-12-25)23-20(26)18-14-22-24-19(18)16-9-8-10-17(13-16)27-3/h8-10,13-14H,4-7,11-12,15H2,1-3H3,(H,22,24)(H,23,26). The van der Waals surface area contributed by atoms with Crippen LogP contribution in [0.15, 0.2) is 30.5 Å². The van der Waals surface area contributed by atoms with E-state index in [0.29, 0.717) is 11.3 Å². The minimum Gasteiger partial charge on any atom is -0.497 e. The summed E-state index contributed by atoms with van der Waals surface area (Å²) in [6, 6.07) is 7.62. The molecule has 2 aromatic rings. The van der Waals surface area contributed by atoms with Crippen LogP contribution in [0.1, 0.15) is 49.9 Å². The molecular formula is C21H30N4O2. The van der Waals surface area contributed by atoms with Gasteiger partial charge >= 0.3 is 0 Å². The number of carbonyl (C=O) groups excluding carboxylic acids is 1. The van der Waals surface area contributed by atoms with Crippen LogP contribution in [0.5, 0.6) is 5.75 Å². The minimum atomic E-state index is -0.315. The van der Waals surface area contributed by atoms with Crippen LogP contribution in [0, 0.1) is 0 Å². The minimum absolute atomic E-state index is 0.110. The molecule has 0 atom stereocenters. The van der Waals surface area contributed by atoms with Crippen molar-refractivity contribution in [1.29, 1.82) is 0 Å². The SMILES string of the molecule is COc1cccc(-c2[nH]ncc2C(=O)NC(C)(C)CN2CCCCCC2)c1. The monoisotopic (exact) mass is 370 g/mol. The van der Waals surface area contributed by atoms with Gasteiger partial charge in [-0.15, -0.1) is 0 Å². The largest absolute Gasteiger partial charge is 0.497 e. The summed E-state index contributed by atoms with van der Waals surface area (Å²) in [5, 5.41) is 10.2. The lowest BCUT2D eigenvalue weighted by Gasteiger charge is -2.33. The Morgan fingerprint density at radius 2 is 2.00 bits per heavy atom. The summed E-state index contributed by atoms with van der Waals surface area (Å²) in [6.45, 7) is 7.24. The Morgan fingerprint density at radius 3 is 2.70 bits per heavy atom. The van der Waals surface area contributed by atoms with Gasteiger partial charge in [-0.3, -0.25) is 9.89 Å². The first-order chi connectivity index (χ1) is 13.0. The highest BCUT2D eigenvalue weighted by molar-refractivity contribution is 6.00. The maximum Gasteiger partial charge on any atom is 0.255 e. The average molecular weight is 370 g/mol. The van der Waals surface area contributed by atoms with Crippen molar-refractivity contribution in [1.82, 2.24) is 20.4 Å². The molecule has 2 heterocycles. The lowest BCUT2D eigenvalue weighted by molar-refractivity contribution is 0.0888. The normalized spacial score (nSPS) is 16.0. The molecule has 0 aliphatic carbocycles. The summed E-state index contributed by atoms with van der Waals surface area (Å²) in [5.41, 5.74) is 1.82. The number of hydrogen-bond acceptors (Lipinski definition) is 4. The number of methoxy groups -OCH3 is 1. The number of ether oxygens (including phenoxy) is 1. The maximum absolute atomic E-state index is 13.0. The molecule has 2 N–H and O–H groups in total. The number of benzene rings is 1. The number of nitrogens with one attached hydrogen (secondary N) is 2. The number of nitrogens with zero attached hydrogens (tertiary/aromatic N) is 2. The second-order valence-electron chi connectivity index (χ2n) is 7.92. The van der Waals surface area contributed by atoms with E-state index in [1.807, 2.05) is 24.3 Å². The number of amides is 1. The van der Waals surface area contributed by atoms with Gasteiger partial charge in [0, 0.05) is 17.6 Å². The van der Waals surface area contributed by atoms with Crippen molar-refractivity contribution in [3.05, 3.63) is 36.0 Å². The van der Waals surface area contributed by atoms with Crippen LogP contribution in [0.4, 0.5) is 0 Å². The van der Waals surface area contributed by atoms with E-state index in [1.54, 1.807) is 13.3 Å². The molecule has 6 nitrogen and oxygen atoms in total.